The fraction of sp³-hybridized carbons (Fsp3) is 0.412. The lowest BCUT2D eigenvalue weighted by atomic mass is 9.81. The van der Waals surface area contributed by atoms with E-state index >= 15 is 0 Å². The first-order valence-electron chi connectivity index (χ1n) is 7.76. The molecule has 2 fully saturated rings. The Hall–Kier alpha value is -2.58. The van der Waals surface area contributed by atoms with E-state index in [-0.39, 0.29) is 0 Å². The van der Waals surface area contributed by atoms with E-state index in [0.717, 1.165) is 0 Å². The van der Waals surface area contributed by atoms with Gasteiger partial charge in [-0.1, -0.05) is 12.1 Å². The van der Waals surface area contributed by atoms with Crippen molar-refractivity contribution in [3.63, 3.8) is 0 Å². The Labute approximate surface area is 143 Å². The first kappa shape index (κ1) is 15.9. The number of ether oxygens (including phenoxy) is 5. The van der Waals surface area contributed by atoms with Crippen LogP contribution in [0.1, 0.15) is 5.56 Å². The van der Waals surface area contributed by atoms with Crippen molar-refractivity contribution in [3.05, 3.63) is 35.9 Å². The molecule has 3 aliphatic rings. The molecule has 0 spiro atoms. The third-order valence-corrected chi connectivity index (χ3v) is 4.73. The van der Waals surface area contributed by atoms with Crippen LogP contribution in [0.5, 0.6) is 0 Å². The Bertz CT molecular complexity index is 776. The fourth-order valence-corrected chi connectivity index (χ4v) is 3.65. The van der Waals surface area contributed by atoms with E-state index in [4.69, 9.17) is 29.4 Å². The monoisotopic (exact) mass is 347 g/mol. The molecule has 1 aromatic rings. The molecule has 3 aliphatic heterocycles. The molecule has 4 rings (SSSR count). The summed E-state index contributed by atoms with van der Waals surface area (Å²) in [7, 11) is 2.63. The van der Waals surface area contributed by atoms with Crippen molar-refractivity contribution < 1.29 is 33.3 Å². The van der Waals surface area contributed by atoms with E-state index in [0.29, 0.717) is 17.0 Å². The van der Waals surface area contributed by atoms with Crippen LogP contribution in [0.15, 0.2) is 30.3 Å². The van der Waals surface area contributed by atoms with Crippen LogP contribution in [0.4, 0.5) is 5.69 Å². The van der Waals surface area contributed by atoms with Crippen LogP contribution in [-0.2, 0) is 33.3 Å². The molecule has 3 heterocycles. The number of carbonyl (C=O) groups excluding carboxylic acids is 2. The standard InChI is InChI=1S/C17H17NO7/c1-21-15-13-12-10(14(19)23-13)7-11(8-4-3-5-9(18)6-8)24-17(12,25-15)16(20)22-2/h3-7,10,12-13,15H,18H2,1-2H3/t10-,12+,13-,15-,17+/m1/s1. The molecule has 0 bridgehead atoms. The number of benzene rings is 1. The van der Waals surface area contributed by atoms with E-state index < -0.39 is 42.0 Å². The van der Waals surface area contributed by atoms with Gasteiger partial charge in [0.05, 0.1) is 18.9 Å². The predicted octanol–water partition coefficient (Wildman–Crippen LogP) is 0.670. The second kappa shape index (κ2) is 5.47. The van der Waals surface area contributed by atoms with Crippen molar-refractivity contribution in [1.29, 1.82) is 0 Å². The lowest BCUT2D eigenvalue weighted by molar-refractivity contribution is -0.265. The molecule has 0 aliphatic carbocycles. The maximum absolute atomic E-state index is 12.6. The number of methoxy groups -OCH3 is 2. The number of nitrogens with two attached hydrogens (primary N) is 1. The molecule has 8 heteroatoms. The summed E-state index contributed by atoms with van der Waals surface area (Å²) in [5, 5.41) is 0. The summed E-state index contributed by atoms with van der Waals surface area (Å²) in [5.41, 5.74) is 6.95. The van der Waals surface area contributed by atoms with Gasteiger partial charge >= 0.3 is 17.7 Å². The van der Waals surface area contributed by atoms with Gasteiger partial charge in [0.15, 0.2) is 12.4 Å². The first-order chi connectivity index (χ1) is 12.0. The molecule has 8 nitrogen and oxygen atoms in total. The third kappa shape index (κ3) is 2.14. The average Bonchev–Trinajstić information content (AvgIpc) is 3.12. The van der Waals surface area contributed by atoms with E-state index in [1.165, 1.54) is 14.2 Å². The zero-order valence-electron chi connectivity index (χ0n) is 13.6. The first-order valence-corrected chi connectivity index (χ1v) is 7.76. The number of hydrogen-bond acceptors (Lipinski definition) is 8. The molecule has 0 amide bonds. The molecule has 0 radical (unpaired) electrons. The molecule has 25 heavy (non-hydrogen) atoms. The Balaban J connectivity index is 1.84. The Morgan fingerprint density at radius 2 is 2.12 bits per heavy atom. The minimum atomic E-state index is -1.81. The summed E-state index contributed by atoms with van der Waals surface area (Å²) in [6.07, 6.45) is -0.0449. The Morgan fingerprint density at radius 1 is 1.32 bits per heavy atom. The predicted molar refractivity (Wildman–Crippen MR) is 83.4 cm³/mol. The number of carbonyl (C=O) groups is 2. The topological polar surface area (TPSA) is 106 Å². The van der Waals surface area contributed by atoms with Gasteiger partial charge in [0.1, 0.15) is 5.76 Å². The minimum Gasteiger partial charge on any atom is -0.464 e. The highest BCUT2D eigenvalue weighted by Gasteiger charge is 2.72. The smallest absolute Gasteiger partial charge is 0.380 e. The molecule has 0 aromatic heterocycles. The van der Waals surface area contributed by atoms with Crippen molar-refractivity contribution in [1.82, 2.24) is 0 Å². The van der Waals surface area contributed by atoms with Crippen molar-refractivity contribution in [2.24, 2.45) is 11.8 Å². The van der Waals surface area contributed by atoms with Crippen LogP contribution in [0.3, 0.4) is 0 Å². The van der Waals surface area contributed by atoms with Gasteiger partial charge in [0.2, 0.25) is 0 Å². The van der Waals surface area contributed by atoms with Gasteiger partial charge in [-0.15, -0.1) is 0 Å². The maximum atomic E-state index is 12.6. The number of rotatable bonds is 3. The molecule has 2 saturated heterocycles. The van der Waals surface area contributed by atoms with Gasteiger partial charge in [0, 0.05) is 18.4 Å². The van der Waals surface area contributed by atoms with Gasteiger partial charge in [-0.2, -0.15) is 0 Å². The highest BCUT2D eigenvalue weighted by molar-refractivity contribution is 5.88. The maximum Gasteiger partial charge on any atom is 0.380 e. The van der Waals surface area contributed by atoms with Gasteiger partial charge < -0.3 is 24.7 Å². The summed E-state index contributed by atoms with van der Waals surface area (Å²) in [4.78, 5) is 24.9. The quantitative estimate of drug-likeness (QED) is 0.628. The van der Waals surface area contributed by atoms with Crippen molar-refractivity contribution in [2.75, 3.05) is 20.0 Å². The molecule has 0 unspecified atom stereocenters. The normalized spacial score (nSPS) is 35.4. The zero-order chi connectivity index (χ0) is 17.8. The zero-order valence-corrected chi connectivity index (χ0v) is 13.6. The average molecular weight is 347 g/mol. The van der Waals surface area contributed by atoms with Crippen LogP contribution in [0.2, 0.25) is 0 Å². The number of nitrogen functional groups attached to an aromatic ring is 1. The van der Waals surface area contributed by atoms with Gasteiger partial charge in [-0.3, -0.25) is 9.53 Å². The third-order valence-electron chi connectivity index (χ3n) is 4.73. The van der Waals surface area contributed by atoms with Crippen LogP contribution in [-0.4, -0.2) is 44.3 Å². The lowest BCUT2D eigenvalue weighted by Gasteiger charge is -2.36. The van der Waals surface area contributed by atoms with Gasteiger partial charge in [0.25, 0.3) is 0 Å². The fourth-order valence-electron chi connectivity index (χ4n) is 3.65. The van der Waals surface area contributed by atoms with E-state index in [9.17, 15) is 9.59 Å². The van der Waals surface area contributed by atoms with Crippen molar-refractivity contribution in [2.45, 2.75) is 18.2 Å². The molecular weight excluding hydrogens is 330 g/mol. The summed E-state index contributed by atoms with van der Waals surface area (Å²) >= 11 is 0. The molecule has 0 saturated carbocycles. The minimum absolute atomic E-state index is 0.299. The van der Waals surface area contributed by atoms with E-state index in [2.05, 4.69) is 0 Å². The highest BCUT2D eigenvalue weighted by Crippen LogP contribution is 2.54. The van der Waals surface area contributed by atoms with Crippen LogP contribution < -0.4 is 5.73 Å². The summed E-state index contributed by atoms with van der Waals surface area (Å²) in [6, 6.07) is 6.90. The SMILES string of the molecule is COC(=O)[C@@]12OC(c3cccc(N)c3)=C[C@H]3C(=O)O[C@@H]([C@H](OC)O1)[C@H]32. The second-order valence-corrected chi connectivity index (χ2v) is 6.09. The lowest BCUT2D eigenvalue weighted by Crippen LogP contribution is -2.52. The van der Waals surface area contributed by atoms with Gasteiger partial charge in [-0.05, 0) is 18.2 Å². The molecule has 2 N–H and O–H groups in total. The second-order valence-electron chi connectivity index (χ2n) is 6.09. The van der Waals surface area contributed by atoms with Crippen LogP contribution in [0.25, 0.3) is 5.76 Å². The number of esters is 2. The molecule has 132 valence electrons. The summed E-state index contributed by atoms with van der Waals surface area (Å²) in [5.74, 6) is -4.13. The molecular formula is C17H17NO7. The highest BCUT2D eigenvalue weighted by atomic mass is 16.8. The van der Waals surface area contributed by atoms with Crippen LogP contribution in [0, 0.1) is 11.8 Å². The van der Waals surface area contributed by atoms with Crippen molar-refractivity contribution >= 4 is 23.4 Å². The van der Waals surface area contributed by atoms with E-state index in [1.807, 2.05) is 0 Å². The number of anilines is 1. The Kier molecular flexibility index (Phi) is 3.48. The number of hydrogen-bond donors (Lipinski definition) is 1. The Morgan fingerprint density at radius 3 is 2.80 bits per heavy atom. The van der Waals surface area contributed by atoms with Crippen molar-refractivity contribution in [3.8, 4) is 0 Å². The summed E-state index contributed by atoms with van der Waals surface area (Å²) in [6.45, 7) is 0. The van der Waals surface area contributed by atoms with E-state index in [1.54, 1.807) is 30.3 Å². The molecule has 1 aromatic carbocycles. The molecule has 5 atom stereocenters. The largest absolute Gasteiger partial charge is 0.464 e. The van der Waals surface area contributed by atoms with Gasteiger partial charge in [-0.25, -0.2) is 4.79 Å². The van der Waals surface area contributed by atoms with Crippen LogP contribution >= 0.6 is 0 Å². The summed E-state index contributed by atoms with van der Waals surface area (Å²) < 4.78 is 27.2.